The Hall–Kier alpha value is -2.62. The molecule has 0 bridgehead atoms. The molecule has 23 heavy (non-hydrogen) atoms. The summed E-state index contributed by atoms with van der Waals surface area (Å²) in [4.78, 5) is 0.258. The summed E-state index contributed by atoms with van der Waals surface area (Å²) in [5.74, 6) is 0. The van der Waals surface area contributed by atoms with Crippen LogP contribution in [-0.4, -0.2) is 20.9 Å². The molecular formula is C17H18N2O3S. The molecule has 6 heteroatoms. The predicted octanol–water partition coefficient (Wildman–Crippen LogP) is 2.53. The number of allylic oxidation sites excluding steroid dienone is 1. The van der Waals surface area contributed by atoms with E-state index in [9.17, 15) is 8.42 Å². The van der Waals surface area contributed by atoms with Gasteiger partial charge < -0.3 is 5.48 Å². The van der Waals surface area contributed by atoms with E-state index in [-0.39, 0.29) is 10.4 Å². The van der Waals surface area contributed by atoms with Crippen molar-refractivity contribution in [3.05, 3.63) is 65.7 Å². The summed E-state index contributed by atoms with van der Waals surface area (Å²) in [5, 5.41) is 8.50. The lowest BCUT2D eigenvalue weighted by Gasteiger charge is -2.19. The quantitative estimate of drug-likeness (QED) is 0.806. The molecular weight excluding hydrogens is 312 g/mol. The van der Waals surface area contributed by atoms with Crippen LogP contribution in [-0.2, 0) is 10.0 Å². The third kappa shape index (κ3) is 4.19. The van der Waals surface area contributed by atoms with Crippen molar-refractivity contribution in [1.82, 2.24) is 0 Å². The zero-order valence-corrected chi connectivity index (χ0v) is 13.7. The van der Waals surface area contributed by atoms with Crippen LogP contribution < -0.4 is 4.31 Å². The highest BCUT2D eigenvalue weighted by Gasteiger charge is 2.20. The number of benzene rings is 2. The second kappa shape index (κ2) is 7.58. The zero-order valence-electron chi connectivity index (χ0n) is 12.9. The molecule has 0 atom stereocenters. The van der Waals surface area contributed by atoms with Crippen molar-refractivity contribution in [3.8, 4) is 6.07 Å². The number of sulfonamides is 1. The van der Waals surface area contributed by atoms with E-state index in [2.05, 4.69) is 0 Å². The maximum Gasteiger partial charge on any atom is 0.264 e. The molecule has 0 aliphatic rings. The molecule has 2 aromatic rings. The lowest BCUT2D eigenvalue weighted by Crippen LogP contribution is -2.26. The molecule has 0 fully saturated rings. The van der Waals surface area contributed by atoms with Crippen LogP contribution in [0.5, 0.6) is 0 Å². The average Bonchev–Trinajstić information content (AvgIpc) is 2.53. The molecule has 0 spiro atoms. The number of nitrogens with zero attached hydrogens (tertiary/aromatic N) is 2. The molecule has 5 nitrogen and oxygen atoms in total. The van der Waals surface area contributed by atoms with Gasteiger partial charge in [-0.05, 0) is 42.8 Å². The highest BCUT2D eigenvalue weighted by atomic mass is 32.2. The average molecular weight is 330 g/mol. The van der Waals surface area contributed by atoms with Crippen LogP contribution in [0.25, 0.3) is 6.08 Å². The number of hydrogen-bond acceptors (Lipinski definition) is 3. The summed E-state index contributed by atoms with van der Waals surface area (Å²) in [6, 6.07) is 15.6. The Morgan fingerprint density at radius 1 is 1.04 bits per heavy atom. The summed E-state index contributed by atoms with van der Waals surface area (Å²) in [7, 11) is -2.05. The monoisotopic (exact) mass is 330 g/mol. The topological polar surface area (TPSA) is 92.7 Å². The fourth-order valence-electron chi connectivity index (χ4n) is 1.94. The molecule has 0 radical (unpaired) electrons. The minimum Gasteiger partial charge on any atom is -0.412 e. The van der Waals surface area contributed by atoms with E-state index >= 15 is 0 Å². The van der Waals surface area contributed by atoms with Crippen molar-refractivity contribution in [1.29, 1.82) is 5.26 Å². The Kier molecular flexibility index (Phi) is 6.08. The number of rotatable bonds is 4. The third-order valence-corrected chi connectivity index (χ3v) is 5.09. The Balaban J connectivity index is 0.00000264. The smallest absolute Gasteiger partial charge is 0.264 e. The van der Waals surface area contributed by atoms with Crippen LogP contribution in [0.4, 0.5) is 5.69 Å². The SMILES string of the molecule is Cc1ccc(S(=O)(=O)N(C)c2ccc(/C=C/C#N)cc2)cc1.O. The summed E-state index contributed by atoms with van der Waals surface area (Å²) in [6.07, 6.45) is 3.04. The number of anilines is 1. The number of aryl methyl sites for hydroxylation is 1. The van der Waals surface area contributed by atoms with Crippen molar-refractivity contribution in [3.63, 3.8) is 0 Å². The summed E-state index contributed by atoms with van der Waals surface area (Å²) in [6.45, 7) is 1.91. The Labute approximate surface area is 136 Å². The molecule has 0 saturated heterocycles. The van der Waals surface area contributed by atoms with E-state index < -0.39 is 10.0 Å². The lowest BCUT2D eigenvalue weighted by atomic mass is 10.2. The van der Waals surface area contributed by atoms with Crippen LogP contribution in [0, 0.1) is 18.3 Å². The fourth-order valence-corrected chi connectivity index (χ4v) is 3.13. The maximum absolute atomic E-state index is 12.6. The first-order valence-corrected chi connectivity index (χ1v) is 8.11. The van der Waals surface area contributed by atoms with E-state index in [1.54, 1.807) is 54.6 Å². The van der Waals surface area contributed by atoms with Crippen molar-refractivity contribution in [2.45, 2.75) is 11.8 Å². The fraction of sp³-hybridized carbons (Fsp3) is 0.118. The van der Waals surface area contributed by atoms with E-state index in [0.29, 0.717) is 5.69 Å². The molecule has 0 amide bonds. The molecule has 2 rings (SSSR count). The van der Waals surface area contributed by atoms with Gasteiger partial charge in [-0.1, -0.05) is 29.8 Å². The maximum atomic E-state index is 12.6. The van der Waals surface area contributed by atoms with Gasteiger partial charge in [0.2, 0.25) is 0 Å². The minimum absolute atomic E-state index is 0. The van der Waals surface area contributed by atoms with Gasteiger partial charge in [-0.15, -0.1) is 0 Å². The van der Waals surface area contributed by atoms with E-state index in [0.717, 1.165) is 11.1 Å². The Morgan fingerprint density at radius 2 is 1.61 bits per heavy atom. The lowest BCUT2D eigenvalue weighted by molar-refractivity contribution is 0.594. The van der Waals surface area contributed by atoms with Gasteiger partial charge in [0.25, 0.3) is 10.0 Å². The second-order valence-electron chi connectivity index (χ2n) is 4.84. The van der Waals surface area contributed by atoms with Gasteiger partial charge in [-0.2, -0.15) is 5.26 Å². The van der Waals surface area contributed by atoms with Crippen LogP contribution in [0.2, 0.25) is 0 Å². The van der Waals surface area contributed by atoms with E-state index in [1.807, 2.05) is 13.0 Å². The van der Waals surface area contributed by atoms with Crippen molar-refractivity contribution in [2.24, 2.45) is 0 Å². The molecule has 120 valence electrons. The van der Waals surface area contributed by atoms with Crippen LogP contribution in [0.1, 0.15) is 11.1 Å². The molecule has 0 saturated carbocycles. The van der Waals surface area contributed by atoms with Crippen molar-refractivity contribution >= 4 is 21.8 Å². The highest BCUT2D eigenvalue weighted by Crippen LogP contribution is 2.22. The third-order valence-electron chi connectivity index (χ3n) is 3.29. The highest BCUT2D eigenvalue weighted by molar-refractivity contribution is 7.92. The normalized spacial score (nSPS) is 10.8. The molecule has 0 aromatic heterocycles. The van der Waals surface area contributed by atoms with Crippen molar-refractivity contribution in [2.75, 3.05) is 11.4 Å². The standard InChI is InChI=1S/C17H16N2O2S.H2O/c1-14-5-11-17(12-6-14)22(20,21)19(2)16-9-7-15(8-10-16)4-3-13-18;/h3-12H,1-2H3;1H2/b4-3+;. The first-order chi connectivity index (χ1) is 10.4. The van der Waals surface area contributed by atoms with Gasteiger partial charge in [-0.25, -0.2) is 8.42 Å². The second-order valence-corrected chi connectivity index (χ2v) is 6.81. The first-order valence-electron chi connectivity index (χ1n) is 6.67. The molecule has 0 unspecified atom stereocenters. The molecule has 2 aromatic carbocycles. The van der Waals surface area contributed by atoms with Crippen molar-refractivity contribution < 1.29 is 13.9 Å². The summed E-state index contributed by atoms with van der Waals surface area (Å²) < 4.78 is 26.4. The Bertz CT molecular complexity index is 818. The van der Waals surface area contributed by atoms with Crippen LogP contribution >= 0.6 is 0 Å². The van der Waals surface area contributed by atoms with Gasteiger partial charge in [-0.3, -0.25) is 4.31 Å². The minimum atomic E-state index is -3.58. The molecule has 0 aliphatic carbocycles. The zero-order chi connectivity index (χ0) is 16.2. The van der Waals surface area contributed by atoms with Gasteiger partial charge in [0.05, 0.1) is 16.7 Å². The van der Waals surface area contributed by atoms with Crippen LogP contribution in [0.3, 0.4) is 0 Å². The number of hydrogen-bond donors (Lipinski definition) is 0. The van der Waals surface area contributed by atoms with Gasteiger partial charge in [0.15, 0.2) is 0 Å². The Morgan fingerprint density at radius 3 is 2.13 bits per heavy atom. The summed E-state index contributed by atoms with van der Waals surface area (Å²) >= 11 is 0. The molecule has 0 heterocycles. The predicted molar refractivity (Wildman–Crippen MR) is 91.5 cm³/mol. The van der Waals surface area contributed by atoms with Gasteiger partial charge in [0, 0.05) is 13.1 Å². The van der Waals surface area contributed by atoms with Gasteiger partial charge in [0.1, 0.15) is 0 Å². The molecule has 2 N–H and O–H groups in total. The van der Waals surface area contributed by atoms with Gasteiger partial charge >= 0.3 is 0 Å². The van der Waals surface area contributed by atoms with Crippen LogP contribution in [0.15, 0.2) is 59.5 Å². The van der Waals surface area contributed by atoms with E-state index in [4.69, 9.17) is 5.26 Å². The van der Waals surface area contributed by atoms with E-state index in [1.165, 1.54) is 17.4 Å². The first kappa shape index (κ1) is 18.4. The largest absolute Gasteiger partial charge is 0.412 e. The molecule has 0 aliphatic heterocycles. The number of nitriles is 1. The summed E-state index contributed by atoms with van der Waals surface area (Å²) in [5.41, 5.74) is 2.41.